The summed E-state index contributed by atoms with van der Waals surface area (Å²) in [7, 11) is 1.81. The van der Waals surface area contributed by atoms with Crippen molar-refractivity contribution in [3.63, 3.8) is 0 Å². The topological polar surface area (TPSA) is 74.2 Å². The molecule has 3 heterocycles. The van der Waals surface area contributed by atoms with Crippen LogP contribution >= 0.6 is 0 Å². The normalized spacial score (nSPS) is 15.1. The number of piperidine rings is 1. The molecule has 2 amide bonds. The maximum absolute atomic E-state index is 12.3. The quantitative estimate of drug-likeness (QED) is 0.925. The first-order valence-electron chi connectivity index (χ1n) is 8.15. The summed E-state index contributed by atoms with van der Waals surface area (Å²) in [6.07, 6.45) is 8.78. The third-order valence-electron chi connectivity index (χ3n) is 4.17. The van der Waals surface area contributed by atoms with Crippen molar-refractivity contribution in [2.75, 3.05) is 25.0 Å². The van der Waals surface area contributed by atoms with Crippen LogP contribution in [0.1, 0.15) is 18.4 Å². The molecule has 0 aliphatic carbocycles. The molecule has 0 unspecified atom stereocenters. The van der Waals surface area contributed by atoms with Crippen LogP contribution < -0.4 is 10.2 Å². The van der Waals surface area contributed by atoms with Gasteiger partial charge in [0.15, 0.2) is 0 Å². The minimum Gasteiger partial charge on any atom is -0.341 e. The molecule has 0 bridgehead atoms. The van der Waals surface area contributed by atoms with Gasteiger partial charge in [-0.05, 0) is 36.6 Å². The second-order valence-electron chi connectivity index (χ2n) is 5.97. The van der Waals surface area contributed by atoms with Gasteiger partial charge >= 0.3 is 6.03 Å². The van der Waals surface area contributed by atoms with Crippen LogP contribution in [0, 0.1) is 0 Å². The lowest BCUT2D eigenvalue weighted by atomic mass is 10.1. The summed E-state index contributed by atoms with van der Waals surface area (Å²) >= 11 is 0. The van der Waals surface area contributed by atoms with E-state index in [0.717, 1.165) is 37.4 Å². The van der Waals surface area contributed by atoms with Gasteiger partial charge in [0.1, 0.15) is 0 Å². The third-order valence-corrected chi connectivity index (χ3v) is 4.17. The zero-order valence-corrected chi connectivity index (χ0v) is 13.8. The van der Waals surface area contributed by atoms with Crippen LogP contribution in [0.2, 0.25) is 0 Å². The number of rotatable bonds is 4. The van der Waals surface area contributed by atoms with Crippen molar-refractivity contribution in [2.45, 2.75) is 25.4 Å². The number of urea groups is 1. The number of amides is 2. The maximum atomic E-state index is 12.3. The van der Waals surface area contributed by atoms with Crippen LogP contribution in [0.25, 0.3) is 0 Å². The summed E-state index contributed by atoms with van der Waals surface area (Å²) < 4.78 is 0. The first-order valence-corrected chi connectivity index (χ1v) is 8.15. The molecule has 126 valence electrons. The van der Waals surface area contributed by atoms with Gasteiger partial charge < -0.3 is 15.1 Å². The van der Waals surface area contributed by atoms with Crippen molar-refractivity contribution in [1.82, 2.24) is 25.2 Å². The number of carbonyl (C=O) groups is 1. The fraction of sp³-hybridized carbons (Fsp3) is 0.412. The summed E-state index contributed by atoms with van der Waals surface area (Å²) in [4.78, 5) is 28.7. The molecule has 0 aromatic carbocycles. The Labute approximate surface area is 141 Å². The summed E-state index contributed by atoms with van der Waals surface area (Å²) in [5.41, 5.74) is 1.07. The van der Waals surface area contributed by atoms with Crippen LogP contribution in [-0.2, 0) is 6.54 Å². The van der Waals surface area contributed by atoms with Crippen molar-refractivity contribution in [2.24, 2.45) is 0 Å². The van der Waals surface area contributed by atoms with Crippen molar-refractivity contribution in [1.29, 1.82) is 0 Å². The monoisotopic (exact) mass is 326 g/mol. The highest BCUT2D eigenvalue weighted by molar-refractivity contribution is 5.74. The van der Waals surface area contributed by atoms with E-state index in [1.165, 1.54) is 0 Å². The first kappa shape index (κ1) is 16.2. The number of pyridine rings is 1. The number of anilines is 1. The summed E-state index contributed by atoms with van der Waals surface area (Å²) in [5.74, 6) is 0.761. The predicted octanol–water partition coefficient (Wildman–Crippen LogP) is 1.68. The average molecular weight is 326 g/mol. The smallest absolute Gasteiger partial charge is 0.317 e. The molecule has 24 heavy (non-hydrogen) atoms. The van der Waals surface area contributed by atoms with Crippen LogP contribution in [0.4, 0.5) is 10.7 Å². The van der Waals surface area contributed by atoms with E-state index in [-0.39, 0.29) is 12.1 Å². The number of aromatic nitrogens is 3. The average Bonchev–Trinajstić information content (AvgIpc) is 2.64. The van der Waals surface area contributed by atoms with Gasteiger partial charge in [0.2, 0.25) is 5.95 Å². The van der Waals surface area contributed by atoms with Crippen molar-refractivity contribution >= 4 is 12.0 Å². The number of nitrogens with zero attached hydrogens (tertiary/aromatic N) is 5. The third kappa shape index (κ3) is 4.18. The molecule has 7 nitrogen and oxygen atoms in total. The van der Waals surface area contributed by atoms with Gasteiger partial charge in [-0.3, -0.25) is 4.98 Å². The Hall–Kier alpha value is -2.70. The Morgan fingerprint density at radius 1 is 1.21 bits per heavy atom. The zero-order valence-electron chi connectivity index (χ0n) is 13.8. The molecule has 0 radical (unpaired) electrons. The molecule has 1 N–H and O–H groups in total. The molecule has 1 aliphatic rings. The Balaban J connectivity index is 1.46. The highest BCUT2D eigenvalue weighted by Crippen LogP contribution is 2.15. The van der Waals surface area contributed by atoms with E-state index in [9.17, 15) is 4.79 Å². The standard InChI is InChI=1S/C17H22N6O/c1-22(13-14-3-9-18-10-4-14)17(24)21-15-5-11-23(12-6-15)16-19-7-2-8-20-16/h2-4,7-10,15H,5-6,11-13H2,1H3,(H,21,24). The number of nitrogens with one attached hydrogen (secondary N) is 1. The van der Waals surface area contributed by atoms with E-state index >= 15 is 0 Å². The lowest BCUT2D eigenvalue weighted by molar-refractivity contribution is 0.200. The molecule has 1 fully saturated rings. The van der Waals surface area contributed by atoms with Crippen molar-refractivity contribution in [3.05, 3.63) is 48.5 Å². The minimum atomic E-state index is -0.0405. The molecule has 0 atom stereocenters. The van der Waals surface area contributed by atoms with E-state index in [1.54, 1.807) is 29.7 Å². The van der Waals surface area contributed by atoms with Gasteiger partial charge in [-0.2, -0.15) is 0 Å². The van der Waals surface area contributed by atoms with Gasteiger partial charge in [-0.15, -0.1) is 0 Å². The molecular formula is C17H22N6O. The van der Waals surface area contributed by atoms with E-state index in [2.05, 4.69) is 25.2 Å². The molecule has 0 saturated carbocycles. The van der Waals surface area contributed by atoms with Crippen molar-refractivity contribution in [3.8, 4) is 0 Å². The molecular weight excluding hydrogens is 304 g/mol. The fourth-order valence-electron chi connectivity index (χ4n) is 2.80. The van der Waals surface area contributed by atoms with Gasteiger partial charge in [-0.25, -0.2) is 14.8 Å². The largest absolute Gasteiger partial charge is 0.341 e. The molecule has 1 aliphatic heterocycles. The zero-order chi connectivity index (χ0) is 16.8. The minimum absolute atomic E-state index is 0.0405. The van der Waals surface area contributed by atoms with Crippen molar-refractivity contribution < 1.29 is 4.79 Å². The van der Waals surface area contributed by atoms with Gasteiger partial charge in [0.05, 0.1) is 0 Å². The summed E-state index contributed by atoms with van der Waals surface area (Å²) in [6.45, 7) is 2.27. The number of carbonyl (C=O) groups excluding carboxylic acids is 1. The van der Waals surface area contributed by atoms with Gasteiger partial charge in [-0.1, -0.05) is 0 Å². The number of hydrogen-bond donors (Lipinski definition) is 1. The fourth-order valence-corrected chi connectivity index (χ4v) is 2.80. The molecule has 0 spiro atoms. The first-order chi connectivity index (χ1) is 11.7. The van der Waals surface area contributed by atoms with Crippen LogP contribution in [0.15, 0.2) is 43.0 Å². The van der Waals surface area contributed by atoms with E-state index < -0.39 is 0 Å². The van der Waals surface area contributed by atoms with Gasteiger partial charge in [0, 0.05) is 57.5 Å². The summed E-state index contributed by atoms with van der Waals surface area (Å²) in [6, 6.07) is 5.80. The second kappa shape index (κ2) is 7.72. The number of hydrogen-bond acceptors (Lipinski definition) is 5. The predicted molar refractivity (Wildman–Crippen MR) is 91.5 cm³/mol. The Morgan fingerprint density at radius 2 is 1.88 bits per heavy atom. The maximum Gasteiger partial charge on any atom is 0.317 e. The lowest BCUT2D eigenvalue weighted by Crippen LogP contribution is -2.48. The van der Waals surface area contributed by atoms with E-state index in [4.69, 9.17) is 0 Å². The Kier molecular flexibility index (Phi) is 5.20. The van der Waals surface area contributed by atoms with Crippen LogP contribution in [0.5, 0.6) is 0 Å². The lowest BCUT2D eigenvalue weighted by Gasteiger charge is -2.33. The molecule has 7 heteroatoms. The molecule has 2 aromatic heterocycles. The molecule has 3 rings (SSSR count). The highest BCUT2D eigenvalue weighted by atomic mass is 16.2. The van der Waals surface area contributed by atoms with Gasteiger partial charge in [0.25, 0.3) is 0 Å². The van der Waals surface area contributed by atoms with E-state index in [1.807, 2.05) is 25.2 Å². The molecule has 1 saturated heterocycles. The highest BCUT2D eigenvalue weighted by Gasteiger charge is 2.23. The van der Waals surface area contributed by atoms with Crippen LogP contribution in [0.3, 0.4) is 0 Å². The Bertz CT molecular complexity index is 643. The van der Waals surface area contributed by atoms with Crippen LogP contribution in [-0.4, -0.2) is 52.1 Å². The SMILES string of the molecule is CN(Cc1ccncc1)C(=O)NC1CCN(c2ncccn2)CC1. The second-order valence-corrected chi connectivity index (χ2v) is 5.97. The van der Waals surface area contributed by atoms with E-state index in [0.29, 0.717) is 6.54 Å². The summed E-state index contributed by atoms with van der Waals surface area (Å²) in [5, 5.41) is 3.11. The molecule has 2 aromatic rings. The Morgan fingerprint density at radius 3 is 2.54 bits per heavy atom.